The molecule has 0 atom stereocenters. The van der Waals surface area contributed by atoms with Gasteiger partial charge in [-0.3, -0.25) is 14.9 Å². The lowest BCUT2D eigenvalue weighted by Gasteiger charge is -2.31. The van der Waals surface area contributed by atoms with Crippen LogP contribution in [0, 0.1) is 10.1 Å². The molecule has 0 saturated heterocycles. The van der Waals surface area contributed by atoms with Gasteiger partial charge in [-0.15, -0.1) is 0 Å². The first-order valence-electron chi connectivity index (χ1n) is 7.59. The third-order valence-electron chi connectivity index (χ3n) is 4.36. The zero-order valence-corrected chi connectivity index (χ0v) is 12.7. The van der Waals surface area contributed by atoms with E-state index < -0.39 is 4.92 Å². The smallest absolute Gasteiger partial charge is 0.285 e. The summed E-state index contributed by atoms with van der Waals surface area (Å²) in [5.41, 5.74) is 0.794. The Labute approximate surface area is 125 Å². The van der Waals surface area contributed by atoms with E-state index in [0.29, 0.717) is 12.0 Å². The van der Waals surface area contributed by atoms with Gasteiger partial charge >= 0.3 is 0 Å². The Balaban J connectivity index is 2.32. The van der Waals surface area contributed by atoms with E-state index in [0.717, 1.165) is 25.7 Å². The molecule has 0 unspecified atom stereocenters. The monoisotopic (exact) mass is 290 g/mol. The van der Waals surface area contributed by atoms with Gasteiger partial charge in [-0.05, 0) is 25.3 Å². The minimum atomic E-state index is -0.430. The number of nitro benzene ring substituents is 1. The molecule has 1 saturated carbocycles. The van der Waals surface area contributed by atoms with Crippen LogP contribution >= 0.6 is 0 Å². The van der Waals surface area contributed by atoms with Crippen molar-refractivity contribution in [1.29, 1.82) is 0 Å². The van der Waals surface area contributed by atoms with Crippen LogP contribution in [0.25, 0.3) is 0 Å². The van der Waals surface area contributed by atoms with Crippen LogP contribution in [-0.4, -0.2) is 28.8 Å². The van der Waals surface area contributed by atoms with Crippen LogP contribution in [0.15, 0.2) is 18.2 Å². The molecule has 0 spiro atoms. The standard InChI is InChI=1S/C16H22N2O3/c1-3-12-8-7-11-14(15(12)18(20)21)16(19)17(2)13-9-5-4-6-10-13/h7-8,11,13H,3-6,9-10H2,1-2H3. The highest BCUT2D eigenvalue weighted by Gasteiger charge is 2.29. The van der Waals surface area contributed by atoms with Gasteiger partial charge in [-0.2, -0.15) is 0 Å². The van der Waals surface area contributed by atoms with E-state index in [4.69, 9.17) is 0 Å². The Morgan fingerprint density at radius 3 is 2.57 bits per heavy atom. The van der Waals surface area contributed by atoms with Crippen molar-refractivity contribution in [2.75, 3.05) is 7.05 Å². The average Bonchev–Trinajstić information content (AvgIpc) is 2.53. The van der Waals surface area contributed by atoms with Crippen molar-refractivity contribution < 1.29 is 9.72 Å². The summed E-state index contributed by atoms with van der Waals surface area (Å²) in [5, 5.41) is 11.3. The second kappa shape index (κ2) is 6.70. The summed E-state index contributed by atoms with van der Waals surface area (Å²) in [4.78, 5) is 25.3. The predicted molar refractivity (Wildman–Crippen MR) is 81.4 cm³/mol. The zero-order chi connectivity index (χ0) is 15.4. The average molecular weight is 290 g/mol. The maximum absolute atomic E-state index is 12.7. The van der Waals surface area contributed by atoms with Crippen molar-refractivity contribution in [1.82, 2.24) is 4.90 Å². The lowest BCUT2D eigenvalue weighted by Crippen LogP contribution is -2.38. The molecule has 5 nitrogen and oxygen atoms in total. The largest absolute Gasteiger partial charge is 0.339 e. The third kappa shape index (κ3) is 3.23. The molecule has 1 aromatic rings. The number of benzene rings is 1. The fourth-order valence-electron chi connectivity index (χ4n) is 3.09. The molecule has 0 aromatic heterocycles. The van der Waals surface area contributed by atoms with Crippen LogP contribution in [0.3, 0.4) is 0 Å². The summed E-state index contributed by atoms with van der Waals surface area (Å²) < 4.78 is 0. The molecular formula is C16H22N2O3. The number of carbonyl (C=O) groups excluding carboxylic acids is 1. The van der Waals surface area contributed by atoms with Crippen LogP contribution < -0.4 is 0 Å². The Hall–Kier alpha value is -1.91. The lowest BCUT2D eigenvalue weighted by atomic mass is 9.94. The highest BCUT2D eigenvalue weighted by molar-refractivity contribution is 5.98. The molecule has 0 heterocycles. The fraction of sp³-hybridized carbons (Fsp3) is 0.562. The van der Waals surface area contributed by atoms with Gasteiger partial charge in [-0.25, -0.2) is 0 Å². The van der Waals surface area contributed by atoms with Crippen molar-refractivity contribution >= 4 is 11.6 Å². The van der Waals surface area contributed by atoms with Crippen LogP contribution in [0.1, 0.15) is 54.9 Å². The molecule has 1 aliphatic rings. The van der Waals surface area contributed by atoms with Gasteiger partial charge in [0.2, 0.25) is 0 Å². The molecule has 2 rings (SSSR count). The third-order valence-corrected chi connectivity index (χ3v) is 4.36. The van der Waals surface area contributed by atoms with Gasteiger partial charge < -0.3 is 4.90 Å². The second-order valence-corrected chi connectivity index (χ2v) is 5.63. The molecule has 114 valence electrons. The van der Waals surface area contributed by atoms with Crippen molar-refractivity contribution in [2.45, 2.75) is 51.5 Å². The van der Waals surface area contributed by atoms with Crippen molar-refractivity contribution in [3.8, 4) is 0 Å². The molecule has 1 fully saturated rings. The number of rotatable bonds is 4. The number of nitrogens with zero attached hydrogens (tertiary/aromatic N) is 2. The summed E-state index contributed by atoms with van der Waals surface area (Å²) in [6.07, 6.45) is 5.99. The molecule has 0 N–H and O–H groups in total. The van der Waals surface area contributed by atoms with Gasteiger partial charge in [0, 0.05) is 18.7 Å². The molecule has 0 aliphatic heterocycles. The fourth-order valence-corrected chi connectivity index (χ4v) is 3.09. The lowest BCUT2D eigenvalue weighted by molar-refractivity contribution is -0.385. The van der Waals surface area contributed by atoms with Gasteiger partial charge in [0.15, 0.2) is 0 Å². The van der Waals surface area contributed by atoms with E-state index >= 15 is 0 Å². The summed E-state index contributed by atoms with van der Waals surface area (Å²) in [5.74, 6) is -0.232. The molecule has 1 aromatic carbocycles. The van der Waals surface area contributed by atoms with E-state index in [1.165, 1.54) is 6.42 Å². The minimum Gasteiger partial charge on any atom is -0.339 e. The molecule has 1 amide bonds. The van der Waals surface area contributed by atoms with Crippen molar-refractivity contribution in [3.05, 3.63) is 39.4 Å². The first kappa shape index (κ1) is 15.5. The maximum atomic E-state index is 12.7. The maximum Gasteiger partial charge on any atom is 0.285 e. The number of carbonyl (C=O) groups is 1. The normalized spacial score (nSPS) is 15.7. The predicted octanol–water partition coefficient (Wildman–Crippen LogP) is 3.56. The quantitative estimate of drug-likeness (QED) is 0.629. The summed E-state index contributed by atoms with van der Waals surface area (Å²) in [6, 6.07) is 5.22. The first-order chi connectivity index (χ1) is 10.1. The SMILES string of the molecule is CCc1cccc(C(=O)N(C)C2CCCCC2)c1[N+](=O)[O-]. The van der Waals surface area contributed by atoms with E-state index in [2.05, 4.69) is 0 Å². The van der Waals surface area contributed by atoms with Crippen LogP contribution in [-0.2, 0) is 6.42 Å². The molecule has 1 aliphatic carbocycles. The Morgan fingerprint density at radius 1 is 1.33 bits per heavy atom. The second-order valence-electron chi connectivity index (χ2n) is 5.63. The highest BCUT2D eigenvalue weighted by Crippen LogP contribution is 2.28. The molecule has 5 heteroatoms. The number of amides is 1. The van der Waals surface area contributed by atoms with Crippen molar-refractivity contribution in [3.63, 3.8) is 0 Å². The number of nitro groups is 1. The van der Waals surface area contributed by atoms with Crippen LogP contribution in [0.5, 0.6) is 0 Å². The van der Waals surface area contributed by atoms with Gasteiger partial charge in [-0.1, -0.05) is 38.3 Å². The minimum absolute atomic E-state index is 0.0346. The van der Waals surface area contributed by atoms with Crippen LogP contribution in [0.2, 0.25) is 0 Å². The summed E-state index contributed by atoms with van der Waals surface area (Å²) >= 11 is 0. The molecule has 21 heavy (non-hydrogen) atoms. The van der Waals surface area contributed by atoms with E-state index in [-0.39, 0.29) is 23.2 Å². The van der Waals surface area contributed by atoms with Gasteiger partial charge in [0.1, 0.15) is 5.56 Å². The Bertz CT molecular complexity index is 536. The Kier molecular flexibility index (Phi) is 4.94. The zero-order valence-electron chi connectivity index (χ0n) is 12.7. The van der Waals surface area contributed by atoms with E-state index in [1.54, 1.807) is 30.1 Å². The number of hydrogen-bond acceptors (Lipinski definition) is 3. The summed E-state index contributed by atoms with van der Waals surface area (Å²) in [6.45, 7) is 1.86. The van der Waals surface area contributed by atoms with Gasteiger partial charge in [0.05, 0.1) is 4.92 Å². The van der Waals surface area contributed by atoms with E-state index in [1.807, 2.05) is 6.92 Å². The van der Waals surface area contributed by atoms with Crippen LogP contribution in [0.4, 0.5) is 5.69 Å². The molecular weight excluding hydrogens is 268 g/mol. The Morgan fingerprint density at radius 2 is 2.00 bits per heavy atom. The van der Waals surface area contributed by atoms with E-state index in [9.17, 15) is 14.9 Å². The number of aryl methyl sites for hydroxylation is 1. The van der Waals surface area contributed by atoms with Gasteiger partial charge in [0.25, 0.3) is 11.6 Å². The summed E-state index contributed by atoms with van der Waals surface area (Å²) in [7, 11) is 1.76. The topological polar surface area (TPSA) is 63.5 Å². The molecule has 0 bridgehead atoms. The molecule has 0 radical (unpaired) electrons. The first-order valence-corrected chi connectivity index (χ1v) is 7.59. The van der Waals surface area contributed by atoms with Crippen molar-refractivity contribution in [2.24, 2.45) is 0 Å². The highest BCUT2D eigenvalue weighted by atomic mass is 16.6. The number of para-hydroxylation sites is 1. The number of hydrogen-bond donors (Lipinski definition) is 0.